The number of benzene rings is 4. The standard InChI is InChI=1S/C36H34O4/c1-39-35-19-23(9-11-27(35)21-37)17-25-13-15-33-29(25)5-3-7-31(33)32-8-4-6-30-26(14-16-34(30)32)18-24-10-12-28(22-38)36(20-24)40-2/h3-12,17-20,37-38H,13-16,21-22H2,1-2H3/b25-17+,26-18+. The Labute approximate surface area is 235 Å². The molecule has 0 spiro atoms. The van der Waals surface area contributed by atoms with E-state index in [1.807, 2.05) is 36.4 Å². The highest BCUT2D eigenvalue weighted by Gasteiger charge is 2.25. The summed E-state index contributed by atoms with van der Waals surface area (Å²) in [6, 6.07) is 25.4. The molecular weight excluding hydrogens is 496 g/mol. The smallest absolute Gasteiger partial charge is 0.124 e. The predicted octanol–water partition coefficient (Wildman–Crippen LogP) is 7.33. The second-order valence-corrected chi connectivity index (χ2v) is 10.5. The largest absolute Gasteiger partial charge is 0.496 e. The average molecular weight is 531 g/mol. The Hall–Kier alpha value is -4.12. The van der Waals surface area contributed by atoms with Gasteiger partial charge in [-0.25, -0.2) is 0 Å². The number of ether oxygens (including phenoxy) is 2. The molecule has 0 radical (unpaired) electrons. The molecule has 4 aromatic carbocycles. The highest BCUT2D eigenvalue weighted by Crippen LogP contribution is 2.44. The Balaban J connectivity index is 1.35. The predicted molar refractivity (Wildman–Crippen MR) is 162 cm³/mol. The van der Waals surface area contributed by atoms with Crippen molar-refractivity contribution >= 4 is 23.3 Å². The maximum atomic E-state index is 9.58. The van der Waals surface area contributed by atoms with E-state index in [0.717, 1.165) is 59.4 Å². The molecule has 4 nitrogen and oxygen atoms in total. The van der Waals surface area contributed by atoms with Gasteiger partial charge in [-0.1, -0.05) is 72.8 Å². The molecule has 0 unspecified atom stereocenters. The second kappa shape index (κ2) is 11.2. The fourth-order valence-corrected chi connectivity index (χ4v) is 6.27. The summed E-state index contributed by atoms with van der Waals surface area (Å²) < 4.78 is 11.0. The molecule has 6 rings (SSSR count). The summed E-state index contributed by atoms with van der Waals surface area (Å²) >= 11 is 0. The van der Waals surface area contributed by atoms with Crippen molar-refractivity contribution in [2.75, 3.05) is 14.2 Å². The number of allylic oxidation sites excluding steroid dienone is 2. The van der Waals surface area contributed by atoms with Gasteiger partial charge in [-0.3, -0.25) is 0 Å². The topological polar surface area (TPSA) is 58.9 Å². The van der Waals surface area contributed by atoms with Gasteiger partial charge in [-0.2, -0.15) is 0 Å². The van der Waals surface area contributed by atoms with E-state index in [9.17, 15) is 10.2 Å². The van der Waals surface area contributed by atoms with Crippen molar-refractivity contribution in [3.63, 3.8) is 0 Å². The van der Waals surface area contributed by atoms with Gasteiger partial charge in [0.2, 0.25) is 0 Å². The second-order valence-electron chi connectivity index (χ2n) is 10.5. The lowest BCUT2D eigenvalue weighted by Gasteiger charge is -2.13. The van der Waals surface area contributed by atoms with Crippen molar-refractivity contribution in [2.45, 2.75) is 38.9 Å². The van der Waals surface area contributed by atoms with E-state index < -0.39 is 0 Å². The molecule has 202 valence electrons. The summed E-state index contributed by atoms with van der Waals surface area (Å²) in [5, 5.41) is 19.2. The highest BCUT2D eigenvalue weighted by molar-refractivity contribution is 5.92. The van der Waals surface area contributed by atoms with E-state index in [-0.39, 0.29) is 13.2 Å². The summed E-state index contributed by atoms with van der Waals surface area (Å²) in [5.41, 5.74) is 14.6. The van der Waals surface area contributed by atoms with Crippen molar-refractivity contribution in [1.82, 2.24) is 0 Å². The van der Waals surface area contributed by atoms with Crippen molar-refractivity contribution in [1.29, 1.82) is 0 Å². The van der Waals surface area contributed by atoms with Gasteiger partial charge in [-0.15, -0.1) is 0 Å². The van der Waals surface area contributed by atoms with E-state index in [4.69, 9.17) is 9.47 Å². The number of hydrogen-bond donors (Lipinski definition) is 2. The zero-order chi connectivity index (χ0) is 27.6. The minimum Gasteiger partial charge on any atom is -0.496 e. The molecule has 4 aromatic rings. The van der Waals surface area contributed by atoms with Crippen LogP contribution in [0.5, 0.6) is 11.5 Å². The molecule has 0 aromatic heterocycles. The lowest BCUT2D eigenvalue weighted by Crippen LogP contribution is -1.93. The quantitative estimate of drug-likeness (QED) is 0.263. The molecule has 0 saturated carbocycles. The van der Waals surface area contributed by atoms with Crippen LogP contribution < -0.4 is 9.47 Å². The first-order chi connectivity index (χ1) is 19.6. The van der Waals surface area contributed by atoms with Crippen LogP contribution in [0, 0.1) is 0 Å². The first-order valence-electron chi connectivity index (χ1n) is 13.8. The third kappa shape index (κ3) is 4.74. The maximum Gasteiger partial charge on any atom is 0.124 e. The number of hydrogen-bond acceptors (Lipinski definition) is 4. The lowest BCUT2D eigenvalue weighted by atomic mass is 9.91. The number of aliphatic hydroxyl groups is 2. The van der Waals surface area contributed by atoms with Crippen LogP contribution in [0.4, 0.5) is 0 Å². The van der Waals surface area contributed by atoms with Gasteiger partial charge in [0.1, 0.15) is 11.5 Å². The molecule has 0 atom stereocenters. The van der Waals surface area contributed by atoms with E-state index >= 15 is 0 Å². The Morgan fingerprint density at radius 2 is 1.00 bits per heavy atom. The first kappa shape index (κ1) is 26.1. The van der Waals surface area contributed by atoms with Gasteiger partial charge >= 0.3 is 0 Å². The van der Waals surface area contributed by atoms with Crippen LogP contribution in [-0.2, 0) is 26.1 Å². The Bertz CT molecular complexity index is 1520. The molecule has 0 saturated heterocycles. The van der Waals surface area contributed by atoms with Crippen LogP contribution in [0.1, 0.15) is 57.3 Å². The monoisotopic (exact) mass is 530 g/mol. The molecule has 2 N–H and O–H groups in total. The summed E-state index contributed by atoms with van der Waals surface area (Å²) in [6.45, 7) is -0.0661. The van der Waals surface area contributed by atoms with Crippen molar-refractivity contribution in [3.8, 4) is 22.6 Å². The van der Waals surface area contributed by atoms with E-state index in [1.54, 1.807) is 14.2 Å². The number of fused-ring (bicyclic) bond motifs is 2. The van der Waals surface area contributed by atoms with Gasteiger partial charge < -0.3 is 19.7 Å². The number of rotatable bonds is 7. The van der Waals surface area contributed by atoms with Crippen LogP contribution in [0.3, 0.4) is 0 Å². The van der Waals surface area contributed by atoms with Crippen LogP contribution in [-0.4, -0.2) is 24.4 Å². The van der Waals surface area contributed by atoms with Crippen LogP contribution in [0.2, 0.25) is 0 Å². The molecule has 0 heterocycles. The Morgan fingerprint density at radius 1 is 0.575 bits per heavy atom. The molecule has 2 aliphatic rings. The molecule has 4 heteroatoms. The van der Waals surface area contributed by atoms with Gasteiger partial charge in [0.05, 0.1) is 27.4 Å². The van der Waals surface area contributed by atoms with Crippen LogP contribution in [0.15, 0.2) is 72.8 Å². The zero-order valence-electron chi connectivity index (χ0n) is 23.0. The molecule has 0 amide bonds. The molecule has 40 heavy (non-hydrogen) atoms. The number of methoxy groups -OCH3 is 2. The van der Waals surface area contributed by atoms with Gasteiger partial charge in [0.15, 0.2) is 0 Å². The summed E-state index contributed by atoms with van der Waals surface area (Å²) in [4.78, 5) is 0. The molecular formula is C36H34O4. The third-order valence-electron chi connectivity index (χ3n) is 8.27. The number of aliphatic hydroxyl groups excluding tert-OH is 2. The SMILES string of the molecule is COc1cc(/C=C2\CCc3c2cccc3-c2cccc3c2CC/C3=C\c2ccc(CO)c(OC)c2)ccc1CO. The first-order valence-corrected chi connectivity index (χ1v) is 13.8. The fraction of sp³-hybridized carbons (Fsp3) is 0.222. The van der Waals surface area contributed by atoms with Crippen LogP contribution >= 0.6 is 0 Å². The third-order valence-corrected chi connectivity index (χ3v) is 8.27. The van der Waals surface area contributed by atoms with E-state index in [2.05, 4.69) is 48.6 Å². The van der Waals surface area contributed by atoms with Crippen molar-refractivity contribution in [2.24, 2.45) is 0 Å². The van der Waals surface area contributed by atoms with Crippen molar-refractivity contribution < 1.29 is 19.7 Å². The van der Waals surface area contributed by atoms with Gasteiger partial charge in [0.25, 0.3) is 0 Å². The summed E-state index contributed by atoms with van der Waals surface area (Å²) in [7, 11) is 3.29. The maximum absolute atomic E-state index is 9.58. The minimum atomic E-state index is -0.0330. The molecule has 0 aliphatic heterocycles. The van der Waals surface area contributed by atoms with Crippen molar-refractivity contribution in [3.05, 3.63) is 117 Å². The van der Waals surface area contributed by atoms with Crippen LogP contribution in [0.25, 0.3) is 34.4 Å². The van der Waals surface area contributed by atoms with Gasteiger partial charge in [0, 0.05) is 11.1 Å². The molecule has 0 fully saturated rings. The minimum absolute atomic E-state index is 0.0330. The van der Waals surface area contributed by atoms with E-state index in [0.29, 0.717) is 0 Å². The Morgan fingerprint density at radius 3 is 1.40 bits per heavy atom. The summed E-state index contributed by atoms with van der Waals surface area (Å²) in [6.07, 6.45) is 8.56. The average Bonchev–Trinajstić information content (AvgIpc) is 3.61. The normalized spacial score (nSPS) is 15.9. The van der Waals surface area contributed by atoms with E-state index in [1.165, 1.54) is 44.5 Å². The van der Waals surface area contributed by atoms with Gasteiger partial charge in [-0.05, 0) is 93.5 Å². The Kier molecular flexibility index (Phi) is 7.29. The molecule has 2 aliphatic carbocycles. The summed E-state index contributed by atoms with van der Waals surface area (Å²) in [5.74, 6) is 1.44. The zero-order valence-corrected chi connectivity index (χ0v) is 23.0. The highest BCUT2D eigenvalue weighted by atomic mass is 16.5. The molecule has 0 bridgehead atoms. The lowest BCUT2D eigenvalue weighted by molar-refractivity contribution is 0.273. The fourth-order valence-electron chi connectivity index (χ4n) is 6.27.